The minimum atomic E-state index is -1.12. The highest BCUT2D eigenvalue weighted by molar-refractivity contribution is 5.85. The molecule has 6 nitrogen and oxygen atoms in total. The molecule has 0 radical (unpaired) electrons. The number of aromatic carboxylic acids is 1. The van der Waals surface area contributed by atoms with Crippen LogP contribution in [0.1, 0.15) is 37.2 Å². The molecule has 0 unspecified atom stereocenters. The van der Waals surface area contributed by atoms with Gasteiger partial charge in [-0.2, -0.15) is 0 Å². The molecule has 3 N–H and O–H groups in total. The fraction of sp³-hybridized carbons (Fsp3) is 0.545. The van der Waals surface area contributed by atoms with E-state index in [4.69, 9.17) is 5.11 Å². The molecule has 6 heteroatoms. The van der Waals surface area contributed by atoms with Crippen LogP contribution in [-0.2, 0) is 0 Å². The summed E-state index contributed by atoms with van der Waals surface area (Å²) in [7, 11) is 0. The molecule has 0 aliphatic carbocycles. The first-order valence-electron chi connectivity index (χ1n) is 5.51. The number of nitrogens with one attached hydrogen (secondary N) is 1. The molecule has 0 aliphatic heterocycles. The molecular formula is C11H17N3O3. The van der Waals surface area contributed by atoms with Gasteiger partial charge in [0, 0.05) is 0 Å². The van der Waals surface area contributed by atoms with E-state index in [1.807, 2.05) is 13.8 Å². The quantitative estimate of drug-likeness (QED) is 0.689. The first-order valence-corrected chi connectivity index (χ1v) is 5.51. The zero-order chi connectivity index (χ0) is 12.9. The highest BCUT2D eigenvalue weighted by Gasteiger charge is 2.25. The smallest absolute Gasteiger partial charge is 0.356 e. The van der Waals surface area contributed by atoms with Crippen molar-refractivity contribution >= 4 is 11.8 Å². The summed E-state index contributed by atoms with van der Waals surface area (Å²) in [6, 6.07) is 0. The Morgan fingerprint density at radius 2 is 2.06 bits per heavy atom. The monoisotopic (exact) mass is 239 g/mol. The molecule has 0 aliphatic rings. The van der Waals surface area contributed by atoms with Crippen molar-refractivity contribution in [3.63, 3.8) is 0 Å². The molecule has 1 rings (SSSR count). The van der Waals surface area contributed by atoms with Gasteiger partial charge in [0.2, 0.25) is 0 Å². The number of anilines is 1. The summed E-state index contributed by atoms with van der Waals surface area (Å²) in [5, 5.41) is 21.2. The normalized spacial score (nSPS) is 11.2. The molecule has 0 saturated carbocycles. The van der Waals surface area contributed by atoms with E-state index in [1.54, 1.807) is 0 Å². The summed E-state index contributed by atoms with van der Waals surface area (Å²) < 4.78 is 0. The van der Waals surface area contributed by atoms with Gasteiger partial charge in [0.25, 0.3) is 0 Å². The number of hydrogen-bond donors (Lipinski definition) is 3. The number of aliphatic hydroxyl groups excluding tert-OH is 1. The van der Waals surface area contributed by atoms with E-state index in [2.05, 4.69) is 15.3 Å². The van der Waals surface area contributed by atoms with Gasteiger partial charge in [-0.05, 0) is 12.8 Å². The first kappa shape index (κ1) is 13.4. The van der Waals surface area contributed by atoms with Crippen molar-refractivity contribution in [3.05, 3.63) is 18.1 Å². The minimum Gasteiger partial charge on any atom is -0.476 e. The number of aliphatic hydroxyl groups is 1. The maximum absolute atomic E-state index is 10.7. The van der Waals surface area contributed by atoms with Crippen LogP contribution >= 0.6 is 0 Å². The summed E-state index contributed by atoms with van der Waals surface area (Å²) in [6.45, 7) is 3.85. The number of carboxylic acid groups (broad SMARTS) is 1. The lowest BCUT2D eigenvalue weighted by atomic mass is 9.94. The van der Waals surface area contributed by atoms with Crippen LogP contribution in [0.5, 0.6) is 0 Å². The van der Waals surface area contributed by atoms with Gasteiger partial charge in [-0.3, -0.25) is 4.98 Å². The van der Waals surface area contributed by atoms with Gasteiger partial charge >= 0.3 is 5.97 Å². The Kier molecular flexibility index (Phi) is 4.39. The highest BCUT2D eigenvalue weighted by Crippen LogP contribution is 2.20. The van der Waals surface area contributed by atoms with Crippen LogP contribution in [0, 0.1) is 0 Å². The second-order valence-electron chi connectivity index (χ2n) is 3.87. The minimum absolute atomic E-state index is 0.0427. The third-order valence-electron chi connectivity index (χ3n) is 2.90. The maximum atomic E-state index is 10.7. The van der Waals surface area contributed by atoms with Crippen LogP contribution < -0.4 is 5.32 Å². The summed E-state index contributed by atoms with van der Waals surface area (Å²) in [4.78, 5) is 18.5. The van der Waals surface area contributed by atoms with Crippen molar-refractivity contribution in [2.75, 3.05) is 11.9 Å². The fourth-order valence-electron chi connectivity index (χ4n) is 1.49. The van der Waals surface area contributed by atoms with Crippen LogP contribution in [0.15, 0.2) is 12.4 Å². The van der Waals surface area contributed by atoms with Crippen LogP contribution in [0.25, 0.3) is 0 Å². The summed E-state index contributed by atoms with van der Waals surface area (Å²) >= 11 is 0. The Balaban J connectivity index is 2.93. The molecule has 0 fully saturated rings. The third kappa shape index (κ3) is 3.13. The van der Waals surface area contributed by atoms with Crippen LogP contribution in [0.3, 0.4) is 0 Å². The first-order chi connectivity index (χ1) is 8.06. The van der Waals surface area contributed by atoms with Gasteiger partial charge in [0.1, 0.15) is 5.82 Å². The molecular weight excluding hydrogens is 222 g/mol. The molecule has 17 heavy (non-hydrogen) atoms. The zero-order valence-electron chi connectivity index (χ0n) is 9.97. The van der Waals surface area contributed by atoms with Crippen molar-refractivity contribution in [2.24, 2.45) is 0 Å². The Bertz CT molecular complexity index is 383. The van der Waals surface area contributed by atoms with Crippen molar-refractivity contribution in [2.45, 2.75) is 32.2 Å². The Labute approximate surface area is 99.7 Å². The molecule has 0 saturated heterocycles. The van der Waals surface area contributed by atoms with Crippen molar-refractivity contribution in [1.82, 2.24) is 9.97 Å². The highest BCUT2D eigenvalue weighted by atomic mass is 16.4. The number of carboxylic acids is 1. The van der Waals surface area contributed by atoms with E-state index in [0.717, 1.165) is 0 Å². The van der Waals surface area contributed by atoms with Gasteiger partial charge in [-0.15, -0.1) is 0 Å². The predicted molar refractivity (Wildman–Crippen MR) is 63.0 cm³/mol. The second kappa shape index (κ2) is 5.58. The van der Waals surface area contributed by atoms with E-state index in [0.29, 0.717) is 18.7 Å². The summed E-state index contributed by atoms with van der Waals surface area (Å²) in [5.41, 5.74) is -0.597. The molecule has 1 heterocycles. The molecule has 1 aromatic heterocycles. The molecule has 94 valence electrons. The Hall–Kier alpha value is -1.69. The topological polar surface area (TPSA) is 95.3 Å². The average Bonchev–Trinajstić information content (AvgIpc) is 2.36. The van der Waals surface area contributed by atoms with Gasteiger partial charge in [-0.25, -0.2) is 9.78 Å². The van der Waals surface area contributed by atoms with E-state index < -0.39 is 11.5 Å². The number of aromatic nitrogens is 2. The van der Waals surface area contributed by atoms with Crippen LogP contribution in [0.4, 0.5) is 5.82 Å². The number of hydrogen-bond acceptors (Lipinski definition) is 5. The lowest BCUT2D eigenvalue weighted by Crippen LogP contribution is -2.41. The lowest BCUT2D eigenvalue weighted by molar-refractivity contribution is 0.0690. The molecule has 0 spiro atoms. The third-order valence-corrected chi connectivity index (χ3v) is 2.90. The molecule has 0 bridgehead atoms. The van der Waals surface area contributed by atoms with Crippen molar-refractivity contribution in [3.8, 4) is 0 Å². The Morgan fingerprint density at radius 1 is 1.41 bits per heavy atom. The van der Waals surface area contributed by atoms with E-state index in [9.17, 15) is 9.90 Å². The second-order valence-corrected chi connectivity index (χ2v) is 3.87. The van der Waals surface area contributed by atoms with Crippen LogP contribution in [0.2, 0.25) is 0 Å². The summed E-state index contributed by atoms with van der Waals surface area (Å²) in [5.74, 6) is -0.758. The van der Waals surface area contributed by atoms with Gasteiger partial charge < -0.3 is 15.5 Å². The Morgan fingerprint density at radius 3 is 2.53 bits per heavy atom. The standard InChI is InChI=1S/C11H17N3O3/c1-3-11(4-2,7-15)14-9-6-12-5-8(13-9)10(16)17/h5-6,15H,3-4,7H2,1-2H3,(H,13,14)(H,16,17). The zero-order valence-corrected chi connectivity index (χ0v) is 9.97. The molecule has 0 atom stereocenters. The average molecular weight is 239 g/mol. The van der Waals surface area contributed by atoms with E-state index in [1.165, 1.54) is 12.4 Å². The number of carbonyl (C=O) groups is 1. The number of nitrogens with zero attached hydrogens (tertiary/aromatic N) is 2. The molecule has 1 aromatic rings. The van der Waals surface area contributed by atoms with Gasteiger partial charge in [0.15, 0.2) is 5.69 Å². The van der Waals surface area contributed by atoms with Gasteiger partial charge in [-0.1, -0.05) is 13.8 Å². The van der Waals surface area contributed by atoms with E-state index >= 15 is 0 Å². The fourth-order valence-corrected chi connectivity index (χ4v) is 1.49. The van der Waals surface area contributed by atoms with E-state index in [-0.39, 0.29) is 12.3 Å². The number of rotatable bonds is 6. The predicted octanol–water partition coefficient (Wildman–Crippen LogP) is 1.14. The maximum Gasteiger partial charge on any atom is 0.356 e. The summed E-state index contributed by atoms with van der Waals surface area (Å²) in [6.07, 6.45) is 4.05. The van der Waals surface area contributed by atoms with Crippen molar-refractivity contribution < 1.29 is 15.0 Å². The lowest BCUT2D eigenvalue weighted by Gasteiger charge is -2.31. The van der Waals surface area contributed by atoms with Crippen LogP contribution in [-0.4, -0.2) is 38.3 Å². The molecule has 0 amide bonds. The van der Waals surface area contributed by atoms with Crippen molar-refractivity contribution in [1.29, 1.82) is 0 Å². The largest absolute Gasteiger partial charge is 0.476 e. The molecule has 0 aromatic carbocycles. The van der Waals surface area contributed by atoms with Gasteiger partial charge in [0.05, 0.1) is 24.5 Å². The SMILES string of the molecule is CCC(CC)(CO)Nc1cncc(C(=O)O)n1.